The van der Waals surface area contributed by atoms with Gasteiger partial charge >= 0.3 is 0 Å². The van der Waals surface area contributed by atoms with Crippen molar-refractivity contribution in [1.82, 2.24) is 0 Å². The second-order valence-corrected chi connectivity index (χ2v) is 6.40. The van der Waals surface area contributed by atoms with E-state index >= 15 is 0 Å². The van der Waals surface area contributed by atoms with Crippen LogP contribution >= 0.6 is 0 Å². The van der Waals surface area contributed by atoms with Crippen LogP contribution in [0.15, 0.2) is 36.4 Å². The lowest BCUT2D eigenvalue weighted by atomic mass is 9.73. The van der Waals surface area contributed by atoms with E-state index in [1.807, 2.05) is 32.1 Å². The number of ether oxygens (including phenoxy) is 1. The van der Waals surface area contributed by atoms with Crippen LogP contribution in [-0.2, 0) is 14.3 Å². The lowest BCUT2D eigenvalue weighted by molar-refractivity contribution is -0.128. The Labute approximate surface area is 127 Å². The maximum atomic E-state index is 12.9. The van der Waals surface area contributed by atoms with Crippen molar-refractivity contribution in [3.63, 3.8) is 0 Å². The van der Waals surface area contributed by atoms with Crippen LogP contribution in [0.3, 0.4) is 0 Å². The van der Waals surface area contributed by atoms with Crippen LogP contribution in [0.1, 0.15) is 19.4 Å². The number of fused-ring (bicyclic) bond motifs is 5. The van der Waals surface area contributed by atoms with E-state index in [9.17, 15) is 14.9 Å². The highest BCUT2D eigenvalue weighted by atomic mass is 16.5. The third-order valence-corrected chi connectivity index (χ3v) is 4.99. The molecule has 0 aliphatic carbocycles. The van der Waals surface area contributed by atoms with E-state index in [2.05, 4.69) is 0 Å². The zero-order valence-corrected chi connectivity index (χ0v) is 12.2. The molecule has 1 aromatic carbocycles. The predicted molar refractivity (Wildman–Crippen MR) is 77.7 cm³/mol. The largest absolute Gasteiger partial charge is 0.359 e. The van der Waals surface area contributed by atoms with E-state index in [1.165, 1.54) is 4.90 Å². The Morgan fingerprint density at radius 2 is 1.64 bits per heavy atom. The summed E-state index contributed by atoms with van der Waals surface area (Å²) in [6.07, 6.45) is 3.75. The van der Waals surface area contributed by atoms with Gasteiger partial charge in [-0.3, -0.25) is 9.59 Å². The number of amides is 2. The average molecular weight is 294 g/mol. The minimum absolute atomic E-state index is 0.284. The summed E-state index contributed by atoms with van der Waals surface area (Å²) in [5.41, 5.74) is -0.813. The van der Waals surface area contributed by atoms with Gasteiger partial charge in [0.2, 0.25) is 11.8 Å². The SMILES string of the molecule is C[C@]12C=C[C@@](C)(O1)[C@H]1C(=O)N(c3ccccc3C#N)C(=O)[C@@H]12. The average Bonchev–Trinajstić information content (AvgIpc) is 3.04. The Balaban J connectivity index is 1.86. The zero-order valence-electron chi connectivity index (χ0n) is 12.2. The second-order valence-electron chi connectivity index (χ2n) is 6.40. The number of imide groups is 1. The third kappa shape index (κ3) is 1.36. The summed E-state index contributed by atoms with van der Waals surface area (Å²) in [6.45, 7) is 3.68. The molecule has 0 spiro atoms. The van der Waals surface area contributed by atoms with Gasteiger partial charge in [-0.2, -0.15) is 5.26 Å². The number of carbonyl (C=O) groups is 2. The fourth-order valence-electron chi connectivity index (χ4n) is 4.03. The molecule has 0 saturated carbocycles. The molecule has 1 aromatic rings. The first-order chi connectivity index (χ1) is 10.4. The normalized spacial score (nSPS) is 38.5. The van der Waals surface area contributed by atoms with Crippen LogP contribution in [0.2, 0.25) is 0 Å². The van der Waals surface area contributed by atoms with Crippen LogP contribution in [0, 0.1) is 23.2 Å². The van der Waals surface area contributed by atoms with Crippen molar-refractivity contribution in [2.75, 3.05) is 4.90 Å². The van der Waals surface area contributed by atoms with Gasteiger partial charge in [0.15, 0.2) is 0 Å². The van der Waals surface area contributed by atoms with E-state index in [4.69, 9.17) is 4.74 Å². The molecule has 2 fully saturated rings. The molecule has 0 aromatic heterocycles. The maximum Gasteiger partial charge on any atom is 0.241 e. The monoisotopic (exact) mass is 294 g/mol. The molecule has 0 unspecified atom stereocenters. The van der Waals surface area contributed by atoms with E-state index in [-0.39, 0.29) is 11.8 Å². The fraction of sp³-hybridized carbons (Fsp3) is 0.353. The van der Waals surface area contributed by atoms with Gasteiger partial charge in [-0.1, -0.05) is 24.3 Å². The summed E-state index contributed by atoms with van der Waals surface area (Å²) in [5, 5.41) is 9.24. The van der Waals surface area contributed by atoms with Crippen LogP contribution in [0.5, 0.6) is 0 Å². The summed E-state index contributed by atoms with van der Waals surface area (Å²) < 4.78 is 5.95. The summed E-state index contributed by atoms with van der Waals surface area (Å²) in [6, 6.07) is 8.72. The van der Waals surface area contributed by atoms with Crippen LogP contribution in [0.25, 0.3) is 0 Å². The smallest absolute Gasteiger partial charge is 0.241 e. The number of para-hydroxylation sites is 1. The van der Waals surface area contributed by atoms with Gasteiger partial charge < -0.3 is 4.74 Å². The number of rotatable bonds is 1. The fourth-order valence-corrected chi connectivity index (χ4v) is 4.03. The van der Waals surface area contributed by atoms with E-state index in [0.717, 1.165) is 0 Å². The Morgan fingerprint density at radius 3 is 2.18 bits per heavy atom. The van der Waals surface area contributed by atoms with Gasteiger partial charge in [-0.25, -0.2) is 4.90 Å². The Morgan fingerprint density at radius 1 is 1.09 bits per heavy atom. The topological polar surface area (TPSA) is 70.4 Å². The minimum atomic E-state index is -0.748. The van der Waals surface area contributed by atoms with Crippen molar-refractivity contribution in [2.45, 2.75) is 25.0 Å². The number of anilines is 1. The Bertz CT molecular complexity index is 757. The van der Waals surface area contributed by atoms with Gasteiger partial charge in [-0.05, 0) is 26.0 Å². The summed E-state index contributed by atoms with van der Waals surface area (Å²) in [4.78, 5) is 26.9. The van der Waals surface area contributed by atoms with Gasteiger partial charge in [-0.15, -0.1) is 0 Å². The van der Waals surface area contributed by atoms with Crippen molar-refractivity contribution in [3.05, 3.63) is 42.0 Å². The molecule has 2 amide bonds. The summed E-state index contributed by atoms with van der Waals surface area (Å²) in [5.74, 6) is -1.62. The molecule has 2 saturated heterocycles. The van der Waals surface area contributed by atoms with Crippen molar-refractivity contribution >= 4 is 17.5 Å². The molecule has 5 nitrogen and oxygen atoms in total. The summed E-state index contributed by atoms with van der Waals surface area (Å²) in [7, 11) is 0. The maximum absolute atomic E-state index is 12.9. The van der Waals surface area contributed by atoms with E-state index in [0.29, 0.717) is 11.3 Å². The van der Waals surface area contributed by atoms with Crippen molar-refractivity contribution in [1.29, 1.82) is 5.26 Å². The van der Waals surface area contributed by atoms with E-state index < -0.39 is 23.0 Å². The number of hydrogen-bond acceptors (Lipinski definition) is 4. The van der Waals surface area contributed by atoms with Gasteiger partial charge in [0, 0.05) is 0 Å². The van der Waals surface area contributed by atoms with Gasteiger partial charge in [0.25, 0.3) is 0 Å². The van der Waals surface area contributed by atoms with Crippen LogP contribution in [-0.4, -0.2) is 23.0 Å². The number of carbonyl (C=O) groups excluding carboxylic acids is 2. The highest BCUT2D eigenvalue weighted by molar-refractivity contribution is 6.24. The predicted octanol–water partition coefficient (Wildman–Crippen LogP) is 1.78. The molecule has 22 heavy (non-hydrogen) atoms. The molecule has 4 atom stereocenters. The van der Waals surface area contributed by atoms with E-state index in [1.54, 1.807) is 24.3 Å². The molecule has 3 aliphatic rings. The number of nitrogens with zero attached hydrogens (tertiary/aromatic N) is 2. The molecule has 110 valence electrons. The molecule has 5 heteroatoms. The first-order valence-electron chi connectivity index (χ1n) is 7.19. The van der Waals surface area contributed by atoms with Crippen LogP contribution < -0.4 is 4.90 Å². The Hall–Kier alpha value is -2.45. The molecule has 2 bridgehead atoms. The van der Waals surface area contributed by atoms with Crippen molar-refractivity contribution < 1.29 is 14.3 Å². The Kier molecular flexibility index (Phi) is 2.31. The highest BCUT2D eigenvalue weighted by Gasteiger charge is 2.70. The van der Waals surface area contributed by atoms with Crippen molar-refractivity contribution in [3.8, 4) is 6.07 Å². The van der Waals surface area contributed by atoms with Crippen molar-refractivity contribution in [2.24, 2.45) is 11.8 Å². The minimum Gasteiger partial charge on any atom is -0.359 e. The summed E-state index contributed by atoms with van der Waals surface area (Å²) >= 11 is 0. The van der Waals surface area contributed by atoms with Gasteiger partial charge in [0.05, 0.1) is 34.3 Å². The molecular formula is C17H14N2O3. The third-order valence-electron chi connectivity index (χ3n) is 4.99. The molecule has 0 N–H and O–H groups in total. The molecule has 4 rings (SSSR count). The molecule has 3 heterocycles. The molecule has 0 radical (unpaired) electrons. The first-order valence-corrected chi connectivity index (χ1v) is 7.19. The standard InChI is InChI=1S/C17H14N2O3/c1-16-7-8-17(2,22-16)13-12(16)14(20)19(15(13)21)11-6-4-3-5-10(11)9-18/h3-8,12-13H,1-2H3/t12-,13-,16-,17-/m1/s1. The molecule has 3 aliphatic heterocycles. The van der Waals surface area contributed by atoms with Crippen LogP contribution in [0.4, 0.5) is 5.69 Å². The quantitative estimate of drug-likeness (QED) is 0.585. The highest BCUT2D eigenvalue weighted by Crippen LogP contribution is 2.57. The number of benzene rings is 1. The lowest BCUT2D eigenvalue weighted by Crippen LogP contribution is -2.39. The first kappa shape index (κ1) is 13.2. The lowest BCUT2D eigenvalue weighted by Gasteiger charge is -2.25. The number of hydrogen-bond donors (Lipinski definition) is 0. The molecular weight excluding hydrogens is 280 g/mol. The number of nitriles is 1. The second kappa shape index (κ2) is 3.84. The zero-order chi connectivity index (χ0) is 15.7. The van der Waals surface area contributed by atoms with Gasteiger partial charge in [0.1, 0.15) is 6.07 Å².